The van der Waals surface area contributed by atoms with Crippen LogP contribution in [0.1, 0.15) is 50.7 Å². The summed E-state index contributed by atoms with van der Waals surface area (Å²) in [7, 11) is 0. The number of phenols is 1. The number of rotatable bonds is 7. The minimum Gasteiger partial charge on any atom is -0.506 e. The average molecular weight is 606 g/mol. The summed E-state index contributed by atoms with van der Waals surface area (Å²) in [5.74, 6) is 1.07. The van der Waals surface area contributed by atoms with Gasteiger partial charge >= 0.3 is 0 Å². The van der Waals surface area contributed by atoms with Crippen molar-refractivity contribution in [2.24, 2.45) is 0 Å². The molecule has 4 aromatic carbocycles. The van der Waals surface area contributed by atoms with Crippen LogP contribution in [0.4, 0.5) is 0 Å². The Bertz CT molecular complexity index is 2150. The molecule has 0 radical (unpaired) electrons. The monoisotopic (exact) mass is 605 g/mol. The first kappa shape index (κ1) is 28.9. The Hall–Kier alpha value is -4.87. The van der Waals surface area contributed by atoms with E-state index in [-0.39, 0.29) is 5.75 Å². The summed E-state index contributed by atoms with van der Waals surface area (Å²) in [5.41, 5.74) is 9.71. The molecule has 222 valence electrons. The molecule has 0 saturated carbocycles. The van der Waals surface area contributed by atoms with Gasteiger partial charge in [0.25, 0.3) is 0 Å². The van der Waals surface area contributed by atoms with Gasteiger partial charge in [0.2, 0.25) is 0 Å². The van der Waals surface area contributed by atoms with Crippen molar-refractivity contribution in [1.82, 2.24) is 14.5 Å². The quantitative estimate of drug-likeness (QED) is 0.196. The second kappa shape index (κ2) is 11.9. The highest BCUT2D eigenvalue weighted by Gasteiger charge is 2.18. The molecule has 1 N–H and O–H groups in total. The summed E-state index contributed by atoms with van der Waals surface area (Å²) < 4.78 is 2.05. The highest BCUT2D eigenvalue weighted by molar-refractivity contribution is 7.99. The molecule has 45 heavy (non-hydrogen) atoms. The zero-order valence-electron chi connectivity index (χ0n) is 25.9. The first-order valence-corrected chi connectivity index (χ1v) is 16.3. The molecule has 0 fully saturated rings. The summed E-state index contributed by atoms with van der Waals surface area (Å²) >= 11 is 1.67. The van der Waals surface area contributed by atoms with E-state index in [0.717, 1.165) is 43.1 Å². The van der Waals surface area contributed by atoms with Gasteiger partial charge in [-0.05, 0) is 88.7 Å². The van der Waals surface area contributed by atoms with Crippen LogP contribution in [0.2, 0.25) is 0 Å². The van der Waals surface area contributed by atoms with Gasteiger partial charge in [-0.3, -0.25) is 4.57 Å². The van der Waals surface area contributed by atoms with Gasteiger partial charge in [0.05, 0.1) is 16.9 Å². The van der Waals surface area contributed by atoms with Gasteiger partial charge in [-0.2, -0.15) is 0 Å². The van der Waals surface area contributed by atoms with Gasteiger partial charge in [0.1, 0.15) is 16.4 Å². The molecule has 0 unspecified atom stereocenters. The zero-order valence-corrected chi connectivity index (χ0v) is 26.7. The molecule has 0 aliphatic rings. The lowest BCUT2D eigenvalue weighted by molar-refractivity contribution is 0.473. The predicted molar refractivity (Wildman–Crippen MR) is 188 cm³/mol. The Morgan fingerprint density at radius 2 is 1.40 bits per heavy atom. The number of fused-ring (bicyclic) bond motifs is 3. The topological polar surface area (TPSA) is 50.9 Å². The van der Waals surface area contributed by atoms with E-state index in [1.54, 1.807) is 17.8 Å². The molecular weight excluding hydrogens is 571 g/mol. The van der Waals surface area contributed by atoms with Crippen LogP contribution in [0, 0.1) is 0 Å². The van der Waals surface area contributed by atoms with Crippen LogP contribution in [0.25, 0.3) is 50.0 Å². The average Bonchev–Trinajstić information content (AvgIpc) is 3.38. The SMILES string of the molecule is CC(C)c1cccc(C(C)C)c1-c1ccnc(Sc2cccc(-c3ccc4c5ccccc5n(-c5ccccc5O)c4n3)c2)c1. The molecule has 0 spiro atoms. The van der Waals surface area contributed by atoms with Gasteiger partial charge in [0.15, 0.2) is 0 Å². The molecule has 0 aliphatic heterocycles. The van der Waals surface area contributed by atoms with Crippen LogP contribution in [0.3, 0.4) is 0 Å². The molecule has 0 aliphatic carbocycles. The van der Waals surface area contributed by atoms with Gasteiger partial charge in [-0.1, -0.05) is 100 Å². The normalized spacial score (nSPS) is 11.7. The summed E-state index contributed by atoms with van der Waals surface area (Å²) in [5, 5.41) is 13.9. The molecule has 0 bridgehead atoms. The standard InChI is InChI=1S/C40H35N3OS/c1-25(2)30-14-10-15-31(26(3)4)39(30)28-21-22-41-38(24-28)45-29-12-9-11-27(23-29)34-20-19-33-32-13-5-6-16-35(32)43(40(33)42-34)36-17-7-8-18-37(36)44/h5-26,44H,1-4H3. The maximum absolute atomic E-state index is 10.8. The number of phenolic OH excluding ortho intramolecular Hbond substituents is 1. The smallest absolute Gasteiger partial charge is 0.146 e. The third-order valence-corrected chi connectivity index (χ3v) is 9.32. The van der Waals surface area contributed by atoms with Crippen molar-refractivity contribution in [2.45, 2.75) is 49.5 Å². The van der Waals surface area contributed by atoms with Crippen molar-refractivity contribution in [3.8, 4) is 33.8 Å². The predicted octanol–water partition coefficient (Wildman–Crippen LogP) is 11.0. The van der Waals surface area contributed by atoms with Crippen LogP contribution in [0.15, 0.2) is 131 Å². The second-order valence-corrected chi connectivity index (χ2v) is 13.1. The third-order valence-electron chi connectivity index (χ3n) is 8.39. The van der Waals surface area contributed by atoms with E-state index < -0.39 is 0 Å². The summed E-state index contributed by atoms with van der Waals surface area (Å²) in [6, 6.07) is 39.4. The molecule has 4 nitrogen and oxygen atoms in total. The molecule has 3 heterocycles. The van der Waals surface area contributed by atoms with Crippen molar-refractivity contribution in [1.29, 1.82) is 0 Å². The molecule has 0 saturated heterocycles. The molecule has 0 atom stereocenters. The van der Waals surface area contributed by atoms with Crippen molar-refractivity contribution in [3.05, 3.63) is 133 Å². The number of pyridine rings is 2. The van der Waals surface area contributed by atoms with Crippen LogP contribution in [-0.4, -0.2) is 19.6 Å². The van der Waals surface area contributed by atoms with E-state index in [1.165, 1.54) is 22.3 Å². The van der Waals surface area contributed by atoms with Crippen molar-refractivity contribution in [3.63, 3.8) is 0 Å². The molecule has 7 aromatic rings. The van der Waals surface area contributed by atoms with Gasteiger partial charge in [-0.25, -0.2) is 9.97 Å². The molecular formula is C40H35N3OS. The molecule has 3 aromatic heterocycles. The van der Waals surface area contributed by atoms with Crippen LogP contribution in [-0.2, 0) is 0 Å². The van der Waals surface area contributed by atoms with E-state index in [1.807, 2.05) is 36.5 Å². The number of hydrogen-bond acceptors (Lipinski definition) is 4. The lowest BCUT2D eigenvalue weighted by Gasteiger charge is -2.20. The molecule has 5 heteroatoms. The van der Waals surface area contributed by atoms with E-state index in [9.17, 15) is 5.11 Å². The Labute approximate surface area is 268 Å². The molecule has 0 amide bonds. The lowest BCUT2D eigenvalue weighted by atomic mass is 9.85. The fraction of sp³-hybridized carbons (Fsp3) is 0.150. The van der Waals surface area contributed by atoms with Crippen LogP contribution < -0.4 is 0 Å². The maximum Gasteiger partial charge on any atom is 0.146 e. The van der Waals surface area contributed by atoms with E-state index >= 15 is 0 Å². The van der Waals surface area contributed by atoms with E-state index in [2.05, 4.69) is 111 Å². The zero-order chi connectivity index (χ0) is 31.1. The van der Waals surface area contributed by atoms with E-state index in [4.69, 9.17) is 9.97 Å². The van der Waals surface area contributed by atoms with Crippen LogP contribution >= 0.6 is 11.8 Å². The Kier molecular flexibility index (Phi) is 7.64. The minimum atomic E-state index is 0.219. The maximum atomic E-state index is 10.8. The first-order valence-electron chi connectivity index (χ1n) is 15.4. The second-order valence-electron chi connectivity index (χ2n) is 12.0. The number of benzene rings is 4. The highest BCUT2D eigenvalue weighted by Crippen LogP contribution is 2.39. The Morgan fingerprint density at radius 1 is 0.667 bits per heavy atom. The number of hydrogen-bond donors (Lipinski definition) is 1. The van der Waals surface area contributed by atoms with Crippen LogP contribution in [0.5, 0.6) is 5.75 Å². The Morgan fingerprint density at radius 3 is 2.18 bits per heavy atom. The number of aromatic hydroxyl groups is 1. The number of nitrogens with zero attached hydrogens (tertiary/aromatic N) is 3. The largest absolute Gasteiger partial charge is 0.506 e. The summed E-state index contributed by atoms with van der Waals surface area (Å²) in [6.07, 6.45) is 1.93. The van der Waals surface area contributed by atoms with E-state index in [0.29, 0.717) is 17.5 Å². The molecule has 7 rings (SSSR count). The van der Waals surface area contributed by atoms with Crippen molar-refractivity contribution >= 4 is 33.7 Å². The lowest BCUT2D eigenvalue weighted by Crippen LogP contribution is -2.00. The van der Waals surface area contributed by atoms with Gasteiger partial charge in [0, 0.05) is 27.4 Å². The minimum absolute atomic E-state index is 0.219. The van der Waals surface area contributed by atoms with Crippen molar-refractivity contribution < 1.29 is 5.11 Å². The highest BCUT2D eigenvalue weighted by atomic mass is 32.2. The third kappa shape index (κ3) is 5.38. The fourth-order valence-electron chi connectivity index (χ4n) is 6.24. The fourth-order valence-corrected chi connectivity index (χ4v) is 7.12. The number of aromatic nitrogens is 3. The Balaban J connectivity index is 1.27. The first-order chi connectivity index (χ1) is 21.9. The van der Waals surface area contributed by atoms with Gasteiger partial charge in [-0.15, -0.1) is 0 Å². The summed E-state index contributed by atoms with van der Waals surface area (Å²) in [6.45, 7) is 9.05. The number of para-hydroxylation sites is 3. The van der Waals surface area contributed by atoms with Gasteiger partial charge < -0.3 is 5.11 Å². The summed E-state index contributed by atoms with van der Waals surface area (Å²) in [4.78, 5) is 11.0. The van der Waals surface area contributed by atoms with Crippen molar-refractivity contribution in [2.75, 3.05) is 0 Å².